The molecule has 0 aromatic heterocycles. The molecule has 0 spiro atoms. The van der Waals surface area contributed by atoms with Crippen molar-refractivity contribution in [1.29, 1.82) is 5.26 Å². The molecule has 0 aliphatic rings. The van der Waals surface area contributed by atoms with Crippen molar-refractivity contribution in [2.45, 2.75) is 19.8 Å². The van der Waals surface area contributed by atoms with Gasteiger partial charge >= 0.3 is 5.97 Å². The Kier molecular flexibility index (Phi) is 7.54. The van der Waals surface area contributed by atoms with Gasteiger partial charge in [0.25, 0.3) is 0 Å². The first-order chi connectivity index (χ1) is 10.2. The summed E-state index contributed by atoms with van der Waals surface area (Å²) < 4.78 is 4.80. The van der Waals surface area contributed by atoms with Gasteiger partial charge in [-0.25, -0.2) is 0 Å². The number of rotatable bonds is 8. The summed E-state index contributed by atoms with van der Waals surface area (Å²) in [6.45, 7) is 2.82. The maximum atomic E-state index is 11.7. The molecule has 21 heavy (non-hydrogen) atoms. The highest BCUT2D eigenvalue weighted by molar-refractivity contribution is 5.93. The van der Waals surface area contributed by atoms with Gasteiger partial charge in [0.05, 0.1) is 24.4 Å². The Bertz CT molecular complexity index is 523. The van der Waals surface area contributed by atoms with Crippen LogP contribution in [-0.2, 0) is 14.3 Å². The van der Waals surface area contributed by atoms with Gasteiger partial charge in [-0.05, 0) is 32.0 Å². The third kappa shape index (κ3) is 6.54. The average molecular weight is 289 g/mol. The Morgan fingerprint density at radius 3 is 2.81 bits per heavy atom. The number of ether oxygens (including phenoxy) is 1. The second-order valence-corrected chi connectivity index (χ2v) is 4.29. The first-order valence-electron chi connectivity index (χ1n) is 6.82. The van der Waals surface area contributed by atoms with Crippen molar-refractivity contribution < 1.29 is 14.3 Å². The molecule has 0 heterocycles. The normalized spacial score (nSPS) is 9.71. The lowest BCUT2D eigenvalue weighted by molar-refractivity contribution is -0.143. The summed E-state index contributed by atoms with van der Waals surface area (Å²) in [7, 11) is 0. The first kappa shape index (κ1) is 16.7. The van der Waals surface area contributed by atoms with Crippen molar-refractivity contribution >= 4 is 17.6 Å². The van der Waals surface area contributed by atoms with Crippen LogP contribution in [-0.4, -0.2) is 31.6 Å². The number of carbonyl (C=O) groups excluding carboxylic acids is 2. The van der Waals surface area contributed by atoms with Gasteiger partial charge in [-0.3, -0.25) is 9.59 Å². The molecule has 1 amide bonds. The van der Waals surface area contributed by atoms with E-state index < -0.39 is 0 Å². The summed E-state index contributed by atoms with van der Waals surface area (Å²) in [5, 5.41) is 14.5. The SMILES string of the molecule is CCOC(=O)CCCNCC(=O)Nc1ccccc1C#N. The highest BCUT2D eigenvalue weighted by atomic mass is 16.5. The second kappa shape index (κ2) is 9.50. The lowest BCUT2D eigenvalue weighted by atomic mass is 10.2. The zero-order valence-electron chi connectivity index (χ0n) is 12.0. The van der Waals surface area contributed by atoms with Gasteiger partial charge in [-0.15, -0.1) is 0 Å². The van der Waals surface area contributed by atoms with Gasteiger partial charge < -0.3 is 15.4 Å². The third-order valence-corrected chi connectivity index (χ3v) is 2.65. The van der Waals surface area contributed by atoms with Crippen LogP contribution in [0, 0.1) is 11.3 Å². The molecule has 0 aliphatic heterocycles. The third-order valence-electron chi connectivity index (χ3n) is 2.65. The molecule has 2 N–H and O–H groups in total. The molecule has 0 fully saturated rings. The molecular formula is C15H19N3O3. The number of para-hydroxylation sites is 1. The van der Waals surface area contributed by atoms with Crippen LogP contribution in [0.15, 0.2) is 24.3 Å². The smallest absolute Gasteiger partial charge is 0.305 e. The van der Waals surface area contributed by atoms with Crippen LogP contribution in [0.3, 0.4) is 0 Å². The van der Waals surface area contributed by atoms with Crippen LogP contribution in [0.5, 0.6) is 0 Å². The van der Waals surface area contributed by atoms with Crippen LogP contribution >= 0.6 is 0 Å². The van der Waals surface area contributed by atoms with Crippen molar-refractivity contribution in [2.75, 3.05) is 25.0 Å². The molecule has 0 aliphatic carbocycles. The summed E-state index contributed by atoms with van der Waals surface area (Å²) in [6.07, 6.45) is 0.945. The van der Waals surface area contributed by atoms with E-state index in [1.807, 2.05) is 6.07 Å². The Balaban J connectivity index is 2.23. The number of anilines is 1. The van der Waals surface area contributed by atoms with Crippen LogP contribution in [0.25, 0.3) is 0 Å². The van der Waals surface area contributed by atoms with Crippen LogP contribution in [0.2, 0.25) is 0 Å². The Morgan fingerprint density at radius 1 is 1.33 bits per heavy atom. The number of hydrogen-bond acceptors (Lipinski definition) is 5. The highest BCUT2D eigenvalue weighted by Gasteiger charge is 2.06. The van der Waals surface area contributed by atoms with Gasteiger partial charge in [0.15, 0.2) is 0 Å². The Morgan fingerprint density at radius 2 is 2.10 bits per heavy atom. The summed E-state index contributed by atoms with van der Waals surface area (Å²) in [4.78, 5) is 22.8. The fourth-order valence-electron chi connectivity index (χ4n) is 1.68. The molecule has 0 unspecified atom stereocenters. The molecule has 1 rings (SSSR count). The van der Waals surface area contributed by atoms with Crippen LogP contribution < -0.4 is 10.6 Å². The Hall–Kier alpha value is -2.39. The number of esters is 1. The van der Waals surface area contributed by atoms with E-state index in [0.29, 0.717) is 37.2 Å². The van der Waals surface area contributed by atoms with Crippen molar-refractivity contribution in [3.63, 3.8) is 0 Å². The topological polar surface area (TPSA) is 91.2 Å². The minimum absolute atomic E-state index is 0.128. The van der Waals surface area contributed by atoms with Crippen molar-refractivity contribution in [3.05, 3.63) is 29.8 Å². The molecule has 6 heteroatoms. The van der Waals surface area contributed by atoms with E-state index in [2.05, 4.69) is 10.6 Å². The van der Waals surface area contributed by atoms with E-state index in [4.69, 9.17) is 10.00 Å². The molecule has 0 radical (unpaired) electrons. The van der Waals surface area contributed by atoms with E-state index in [0.717, 1.165) is 0 Å². The highest BCUT2D eigenvalue weighted by Crippen LogP contribution is 2.12. The number of hydrogen-bond donors (Lipinski definition) is 2. The van der Waals surface area contributed by atoms with E-state index in [-0.39, 0.29) is 18.4 Å². The molecule has 0 atom stereocenters. The van der Waals surface area contributed by atoms with Gasteiger partial charge in [0.1, 0.15) is 6.07 Å². The molecule has 112 valence electrons. The maximum Gasteiger partial charge on any atom is 0.305 e. The Labute approximate surface area is 124 Å². The van der Waals surface area contributed by atoms with E-state index >= 15 is 0 Å². The predicted molar refractivity (Wildman–Crippen MR) is 78.5 cm³/mol. The zero-order chi connectivity index (χ0) is 15.5. The molecule has 0 saturated heterocycles. The predicted octanol–water partition coefficient (Wildman–Crippen LogP) is 1.43. The largest absolute Gasteiger partial charge is 0.466 e. The standard InChI is InChI=1S/C15H19N3O3/c1-2-21-15(20)8-5-9-17-11-14(19)18-13-7-4-3-6-12(13)10-16/h3-4,6-7,17H,2,5,8-9,11H2,1H3,(H,18,19). The van der Waals surface area contributed by atoms with Gasteiger partial charge in [-0.1, -0.05) is 12.1 Å². The maximum absolute atomic E-state index is 11.7. The molecule has 0 bridgehead atoms. The monoisotopic (exact) mass is 289 g/mol. The second-order valence-electron chi connectivity index (χ2n) is 4.29. The minimum atomic E-state index is -0.230. The minimum Gasteiger partial charge on any atom is -0.466 e. The van der Waals surface area contributed by atoms with Gasteiger partial charge in [0, 0.05) is 6.42 Å². The van der Waals surface area contributed by atoms with Crippen LogP contribution in [0.4, 0.5) is 5.69 Å². The lowest BCUT2D eigenvalue weighted by Gasteiger charge is -2.07. The van der Waals surface area contributed by atoms with E-state index in [1.54, 1.807) is 31.2 Å². The number of nitriles is 1. The summed E-state index contributed by atoms with van der Waals surface area (Å²) in [6, 6.07) is 8.83. The van der Waals surface area contributed by atoms with Crippen molar-refractivity contribution in [1.82, 2.24) is 5.32 Å². The van der Waals surface area contributed by atoms with Crippen molar-refractivity contribution in [2.24, 2.45) is 0 Å². The lowest BCUT2D eigenvalue weighted by Crippen LogP contribution is -2.29. The molecular weight excluding hydrogens is 270 g/mol. The fraction of sp³-hybridized carbons (Fsp3) is 0.400. The summed E-state index contributed by atoms with van der Waals surface area (Å²) in [5.41, 5.74) is 0.923. The fourth-order valence-corrected chi connectivity index (χ4v) is 1.68. The van der Waals surface area contributed by atoms with Crippen LogP contribution in [0.1, 0.15) is 25.3 Å². The number of amides is 1. The first-order valence-corrected chi connectivity index (χ1v) is 6.82. The van der Waals surface area contributed by atoms with Gasteiger partial charge in [0.2, 0.25) is 5.91 Å². The van der Waals surface area contributed by atoms with Gasteiger partial charge in [-0.2, -0.15) is 5.26 Å². The molecule has 1 aromatic rings. The average Bonchev–Trinajstić information content (AvgIpc) is 2.47. The number of benzene rings is 1. The quantitative estimate of drug-likeness (QED) is 0.558. The number of nitrogens with one attached hydrogen (secondary N) is 2. The van der Waals surface area contributed by atoms with Crippen molar-refractivity contribution in [3.8, 4) is 6.07 Å². The summed E-state index contributed by atoms with van der Waals surface area (Å²) >= 11 is 0. The van der Waals surface area contributed by atoms with E-state index in [9.17, 15) is 9.59 Å². The zero-order valence-corrected chi connectivity index (χ0v) is 12.0. The molecule has 6 nitrogen and oxygen atoms in total. The van der Waals surface area contributed by atoms with E-state index in [1.165, 1.54) is 0 Å². The summed E-state index contributed by atoms with van der Waals surface area (Å²) in [5.74, 6) is -0.458. The molecule has 0 saturated carbocycles. The molecule has 1 aromatic carbocycles. The number of nitrogens with zero attached hydrogens (tertiary/aromatic N) is 1. The number of carbonyl (C=O) groups is 2.